The number of hydrogen-bond acceptors (Lipinski definition) is 4. The molecule has 0 unspecified atom stereocenters. The minimum atomic E-state index is -0.974. The summed E-state index contributed by atoms with van der Waals surface area (Å²) < 4.78 is 0. The third kappa shape index (κ3) is 3.16. The molecule has 1 aromatic heterocycles. The summed E-state index contributed by atoms with van der Waals surface area (Å²) in [6.07, 6.45) is 5.34. The fourth-order valence-electron chi connectivity index (χ4n) is 2.89. The largest absolute Gasteiger partial charge is 0.477 e. The van der Waals surface area contributed by atoms with Gasteiger partial charge in [0.25, 0.3) is 0 Å². The quantitative estimate of drug-likeness (QED) is 0.857. The van der Waals surface area contributed by atoms with Crippen molar-refractivity contribution in [3.05, 3.63) is 29.6 Å². The highest BCUT2D eigenvalue weighted by Gasteiger charge is 2.39. The van der Waals surface area contributed by atoms with Crippen LogP contribution in [0.25, 0.3) is 0 Å². The number of likely N-dealkylation sites (N-methyl/N-ethyl adjacent to an activating group) is 2. The lowest BCUT2D eigenvalue weighted by atomic mass is 9.75. The summed E-state index contributed by atoms with van der Waals surface area (Å²) in [5.41, 5.74) is 1.40. The molecule has 2 rings (SSSR count). The second kappa shape index (κ2) is 5.89. The van der Waals surface area contributed by atoms with Crippen molar-refractivity contribution in [2.45, 2.75) is 31.3 Å². The molecule has 1 aromatic rings. The van der Waals surface area contributed by atoms with E-state index in [4.69, 9.17) is 5.11 Å². The highest BCUT2D eigenvalue weighted by atomic mass is 16.4. The van der Waals surface area contributed by atoms with Crippen molar-refractivity contribution in [3.8, 4) is 0 Å². The van der Waals surface area contributed by atoms with Crippen molar-refractivity contribution in [1.29, 1.82) is 0 Å². The van der Waals surface area contributed by atoms with Crippen LogP contribution in [0.1, 0.15) is 35.3 Å². The van der Waals surface area contributed by atoms with Crippen molar-refractivity contribution >= 4 is 5.97 Å². The van der Waals surface area contributed by atoms with Gasteiger partial charge in [-0.25, -0.2) is 9.78 Å². The maximum Gasteiger partial charge on any atom is 0.354 e. The highest BCUT2D eigenvalue weighted by Crippen LogP contribution is 2.36. The lowest BCUT2D eigenvalue weighted by Gasteiger charge is -2.49. The Kier molecular flexibility index (Phi) is 4.40. The Labute approximate surface area is 120 Å². The summed E-state index contributed by atoms with van der Waals surface area (Å²) >= 11 is 0. The van der Waals surface area contributed by atoms with E-state index < -0.39 is 5.97 Å². The fraction of sp³-hybridized carbons (Fsp3) is 0.600. The molecule has 0 aromatic carbocycles. The van der Waals surface area contributed by atoms with E-state index in [1.54, 1.807) is 12.3 Å². The summed E-state index contributed by atoms with van der Waals surface area (Å²) in [5, 5.41) is 8.97. The third-order valence-corrected chi connectivity index (χ3v) is 4.29. The molecule has 0 atom stereocenters. The van der Waals surface area contributed by atoms with E-state index in [1.807, 2.05) is 6.07 Å². The van der Waals surface area contributed by atoms with Gasteiger partial charge >= 0.3 is 5.97 Å². The molecule has 1 aliphatic carbocycles. The van der Waals surface area contributed by atoms with Gasteiger partial charge in [0.2, 0.25) is 0 Å². The number of aromatic nitrogens is 1. The Hall–Kier alpha value is -1.46. The summed E-state index contributed by atoms with van der Waals surface area (Å²) in [7, 11) is 6.37. The standard InChI is InChI=1S/C15H23N3O2/c1-17(2)15(6-4-7-15)11-18(3)10-12-5-8-16-13(9-12)14(19)20/h5,8-9H,4,6-7,10-11H2,1-3H3,(H,19,20). The highest BCUT2D eigenvalue weighted by molar-refractivity contribution is 5.85. The molecule has 0 aliphatic heterocycles. The minimum absolute atomic E-state index is 0.113. The van der Waals surface area contributed by atoms with Gasteiger partial charge in [0.05, 0.1) is 0 Å². The van der Waals surface area contributed by atoms with Gasteiger partial charge in [-0.1, -0.05) is 0 Å². The molecule has 110 valence electrons. The molecule has 1 saturated carbocycles. The number of aromatic carboxylic acids is 1. The summed E-state index contributed by atoms with van der Waals surface area (Å²) in [5.74, 6) is -0.974. The number of nitrogens with zero attached hydrogens (tertiary/aromatic N) is 3. The topological polar surface area (TPSA) is 56.7 Å². The average molecular weight is 277 g/mol. The van der Waals surface area contributed by atoms with Gasteiger partial charge in [0.15, 0.2) is 0 Å². The first kappa shape index (κ1) is 14.9. The first-order chi connectivity index (χ1) is 9.43. The molecule has 1 aliphatic rings. The van der Waals surface area contributed by atoms with E-state index in [1.165, 1.54) is 19.3 Å². The van der Waals surface area contributed by atoms with Crippen LogP contribution in [-0.2, 0) is 6.54 Å². The van der Waals surface area contributed by atoms with Crippen molar-refractivity contribution in [2.75, 3.05) is 27.7 Å². The van der Waals surface area contributed by atoms with E-state index >= 15 is 0 Å². The Balaban J connectivity index is 1.99. The van der Waals surface area contributed by atoms with Crippen LogP contribution < -0.4 is 0 Å². The number of pyridine rings is 1. The molecule has 5 nitrogen and oxygen atoms in total. The number of rotatable bonds is 6. The number of carboxylic acid groups (broad SMARTS) is 1. The van der Waals surface area contributed by atoms with Crippen molar-refractivity contribution in [3.63, 3.8) is 0 Å². The molecule has 1 heterocycles. The molecule has 0 amide bonds. The fourth-order valence-corrected chi connectivity index (χ4v) is 2.89. The van der Waals surface area contributed by atoms with Crippen molar-refractivity contribution in [1.82, 2.24) is 14.8 Å². The molecule has 1 N–H and O–H groups in total. The Morgan fingerprint density at radius 1 is 1.40 bits per heavy atom. The molecule has 0 saturated heterocycles. The Morgan fingerprint density at radius 2 is 2.10 bits per heavy atom. The van der Waals surface area contributed by atoms with E-state index in [0.29, 0.717) is 0 Å². The maximum absolute atomic E-state index is 10.9. The zero-order valence-corrected chi connectivity index (χ0v) is 12.5. The molecular formula is C15H23N3O2. The summed E-state index contributed by atoms with van der Waals surface area (Å²) in [4.78, 5) is 19.4. The van der Waals surface area contributed by atoms with Crippen LogP contribution in [0.4, 0.5) is 0 Å². The van der Waals surface area contributed by atoms with Gasteiger partial charge < -0.3 is 14.9 Å². The first-order valence-corrected chi connectivity index (χ1v) is 6.97. The molecule has 20 heavy (non-hydrogen) atoms. The monoisotopic (exact) mass is 277 g/mol. The molecule has 1 fully saturated rings. The predicted octanol–water partition coefficient (Wildman–Crippen LogP) is 1.70. The van der Waals surface area contributed by atoms with Crippen molar-refractivity contribution in [2.24, 2.45) is 0 Å². The smallest absolute Gasteiger partial charge is 0.354 e. The van der Waals surface area contributed by atoms with Crippen LogP contribution >= 0.6 is 0 Å². The zero-order chi connectivity index (χ0) is 14.8. The SMILES string of the molecule is CN(Cc1ccnc(C(=O)O)c1)CC1(N(C)C)CCC1. The van der Waals surface area contributed by atoms with Gasteiger partial charge in [-0.05, 0) is 58.1 Å². The van der Waals surface area contributed by atoms with Gasteiger partial charge in [-0.2, -0.15) is 0 Å². The number of carboxylic acids is 1. The molecule has 0 spiro atoms. The zero-order valence-electron chi connectivity index (χ0n) is 12.5. The van der Waals surface area contributed by atoms with E-state index in [-0.39, 0.29) is 11.2 Å². The van der Waals surface area contributed by atoms with E-state index in [0.717, 1.165) is 18.7 Å². The molecule has 0 radical (unpaired) electrons. The van der Waals surface area contributed by atoms with Gasteiger partial charge in [-0.15, -0.1) is 0 Å². The van der Waals surface area contributed by atoms with Crippen LogP contribution in [0, 0.1) is 0 Å². The second-order valence-electron chi connectivity index (χ2n) is 6.00. The van der Waals surface area contributed by atoms with Gasteiger partial charge in [-0.3, -0.25) is 0 Å². The molecule has 5 heteroatoms. The van der Waals surface area contributed by atoms with E-state index in [2.05, 4.69) is 35.9 Å². The first-order valence-electron chi connectivity index (χ1n) is 6.97. The molecule has 0 bridgehead atoms. The van der Waals surface area contributed by atoms with Gasteiger partial charge in [0.1, 0.15) is 5.69 Å². The van der Waals surface area contributed by atoms with Crippen LogP contribution in [0.15, 0.2) is 18.3 Å². The number of hydrogen-bond donors (Lipinski definition) is 1. The van der Waals surface area contributed by atoms with Crippen LogP contribution in [0.5, 0.6) is 0 Å². The lowest BCUT2D eigenvalue weighted by molar-refractivity contribution is 0.0259. The lowest BCUT2D eigenvalue weighted by Crippen LogP contribution is -2.56. The average Bonchev–Trinajstić information content (AvgIpc) is 2.33. The second-order valence-corrected chi connectivity index (χ2v) is 6.00. The predicted molar refractivity (Wildman–Crippen MR) is 77.8 cm³/mol. The van der Waals surface area contributed by atoms with Crippen LogP contribution in [0.3, 0.4) is 0 Å². The summed E-state index contributed by atoms with van der Waals surface area (Å²) in [6, 6.07) is 3.54. The van der Waals surface area contributed by atoms with Crippen LogP contribution in [-0.4, -0.2) is 59.1 Å². The summed E-state index contributed by atoms with van der Waals surface area (Å²) in [6.45, 7) is 1.75. The molecular weight excluding hydrogens is 254 g/mol. The van der Waals surface area contributed by atoms with Crippen LogP contribution in [0.2, 0.25) is 0 Å². The minimum Gasteiger partial charge on any atom is -0.477 e. The third-order valence-electron chi connectivity index (χ3n) is 4.29. The Morgan fingerprint density at radius 3 is 2.60 bits per heavy atom. The maximum atomic E-state index is 10.9. The Bertz CT molecular complexity index is 484. The normalized spacial score (nSPS) is 17.2. The van der Waals surface area contributed by atoms with Gasteiger partial charge in [0, 0.05) is 24.8 Å². The van der Waals surface area contributed by atoms with E-state index in [9.17, 15) is 4.79 Å². The number of carbonyl (C=O) groups is 1. The van der Waals surface area contributed by atoms with Crippen molar-refractivity contribution < 1.29 is 9.90 Å².